The van der Waals surface area contributed by atoms with Gasteiger partial charge in [0.1, 0.15) is 24.2 Å². The summed E-state index contributed by atoms with van der Waals surface area (Å²) in [4.78, 5) is 8.43. The van der Waals surface area contributed by atoms with Crippen LogP contribution in [0.4, 0.5) is 13.2 Å². The molecule has 0 amide bonds. The summed E-state index contributed by atoms with van der Waals surface area (Å²) in [6.07, 6.45) is -3.44. The normalized spacial score (nSPS) is 13.0. The van der Waals surface area contributed by atoms with Gasteiger partial charge in [0.25, 0.3) is 5.89 Å². The van der Waals surface area contributed by atoms with Crippen molar-refractivity contribution in [3.8, 4) is 28.7 Å². The summed E-state index contributed by atoms with van der Waals surface area (Å²) in [5, 5.41) is 22.3. The highest BCUT2D eigenvalue weighted by Crippen LogP contribution is 2.35. The third-order valence-corrected chi connectivity index (χ3v) is 5.22. The van der Waals surface area contributed by atoms with Gasteiger partial charge in [-0.25, -0.2) is 4.98 Å². The van der Waals surface area contributed by atoms with E-state index in [4.69, 9.17) is 37.6 Å². The van der Waals surface area contributed by atoms with Crippen LogP contribution in [0.5, 0.6) is 5.75 Å². The molecule has 174 valence electrons. The van der Waals surface area contributed by atoms with Crippen molar-refractivity contribution in [2.75, 3.05) is 13.2 Å². The molecule has 1 atom stereocenters. The molecule has 0 spiro atoms. The molecule has 4 rings (SSSR count). The maximum Gasteiger partial charge on any atom is 0.417 e. The van der Waals surface area contributed by atoms with Crippen LogP contribution in [0.2, 0.25) is 10.0 Å². The van der Waals surface area contributed by atoms with Crippen molar-refractivity contribution in [2.45, 2.75) is 19.2 Å². The molecule has 0 aliphatic carbocycles. The van der Waals surface area contributed by atoms with Crippen LogP contribution < -0.4 is 4.74 Å². The van der Waals surface area contributed by atoms with Crippen LogP contribution in [0.15, 0.2) is 35.1 Å². The molecule has 0 radical (unpaired) electrons. The molecular weight excluding hydrogens is 488 g/mol. The molecule has 3 heterocycles. The standard InChI is InChI=1S/C20H15Cl2F3N4O4/c1-9-2-12(13(21)4-16(9)32-8-11(31)7-30)17-27-19(33-28-17)15-6-29-5-10(20(23,24)25)3-14(22)18(29)26-15/h2-6,11,30-31H,7-8H2,1H3/t11-/m0/s1. The molecule has 1 aromatic carbocycles. The maximum atomic E-state index is 13.0. The summed E-state index contributed by atoms with van der Waals surface area (Å²) in [6, 6.07) is 3.95. The predicted octanol–water partition coefficient (Wildman–Crippen LogP) is 4.42. The summed E-state index contributed by atoms with van der Waals surface area (Å²) >= 11 is 12.3. The van der Waals surface area contributed by atoms with Crippen LogP contribution in [0.25, 0.3) is 28.6 Å². The van der Waals surface area contributed by atoms with Crippen molar-refractivity contribution in [3.63, 3.8) is 0 Å². The Balaban J connectivity index is 1.65. The molecule has 3 aromatic heterocycles. The molecule has 0 saturated heterocycles. The van der Waals surface area contributed by atoms with Gasteiger partial charge in [-0.3, -0.25) is 0 Å². The van der Waals surface area contributed by atoms with E-state index in [1.54, 1.807) is 13.0 Å². The number of ether oxygens (including phenoxy) is 1. The number of nitrogens with zero attached hydrogens (tertiary/aromatic N) is 4. The average Bonchev–Trinajstić information content (AvgIpc) is 3.40. The number of alkyl halides is 3. The lowest BCUT2D eigenvalue weighted by Crippen LogP contribution is -2.21. The first-order valence-corrected chi connectivity index (χ1v) is 10.1. The fourth-order valence-electron chi connectivity index (χ4n) is 2.98. The van der Waals surface area contributed by atoms with Crippen LogP contribution in [0, 0.1) is 6.92 Å². The van der Waals surface area contributed by atoms with Crippen molar-refractivity contribution in [1.82, 2.24) is 19.5 Å². The fraction of sp³-hybridized carbons (Fsp3) is 0.250. The topological polar surface area (TPSA) is 106 Å². The number of fused-ring (bicyclic) bond motifs is 1. The number of benzene rings is 1. The third kappa shape index (κ3) is 4.76. The number of aromatic nitrogens is 4. The number of rotatable bonds is 6. The highest BCUT2D eigenvalue weighted by molar-refractivity contribution is 6.33. The number of hydrogen-bond donors (Lipinski definition) is 2. The zero-order valence-corrected chi connectivity index (χ0v) is 18.3. The average molecular weight is 503 g/mol. The van der Waals surface area contributed by atoms with Crippen LogP contribution in [0.1, 0.15) is 11.1 Å². The summed E-state index contributed by atoms with van der Waals surface area (Å²) in [5.74, 6) is 0.480. The van der Waals surface area contributed by atoms with Crippen LogP contribution in [-0.4, -0.2) is 49.1 Å². The second-order valence-electron chi connectivity index (χ2n) is 7.10. The maximum absolute atomic E-state index is 13.0. The molecule has 13 heteroatoms. The number of halogens is 5. The number of hydrogen-bond acceptors (Lipinski definition) is 7. The SMILES string of the molecule is Cc1cc(-c2noc(-c3cn4cc(C(F)(F)F)cc(Cl)c4n3)n2)c(Cl)cc1OC[C@@H](O)CO. The van der Waals surface area contributed by atoms with Crippen molar-refractivity contribution < 1.29 is 32.6 Å². The monoisotopic (exact) mass is 502 g/mol. The minimum absolute atomic E-state index is 0.0431. The van der Waals surface area contributed by atoms with Crippen LogP contribution >= 0.6 is 23.2 Å². The Bertz CT molecular complexity index is 1320. The lowest BCUT2D eigenvalue weighted by molar-refractivity contribution is -0.137. The predicted molar refractivity (Wildman–Crippen MR) is 112 cm³/mol. The number of aliphatic hydroxyl groups excluding tert-OH is 2. The van der Waals surface area contributed by atoms with E-state index in [-0.39, 0.29) is 39.7 Å². The van der Waals surface area contributed by atoms with Gasteiger partial charge in [-0.15, -0.1) is 0 Å². The van der Waals surface area contributed by atoms with Crippen molar-refractivity contribution in [3.05, 3.63) is 51.8 Å². The van der Waals surface area contributed by atoms with E-state index in [2.05, 4.69) is 15.1 Å². The summed E-state index contributed by atoms with van der Waals surface area (Å²) in [7, 11) is 0. The van der Waals surface area contributed by atoms with E-state index in [0.29, 0.717) is 16.9 Å². The first-order chi connectivity index (χ1) is 15.6. The van der Waals surface area contributed by atoms with E-state index in [1.807, 2.05) is 0 Å². The Labute approximate surface area is 194 Å². The van der Waals surface area contributed by atoms with E-state index in [0.717, 1.165) is 16.7 Å². The van der Waals surface area contributed by atoms with Gasteiger partial charge in [0.05, 0.1) is 22.2 Å². The largest absolute Gasteiger partial charge is 0.490 e. The van der Waals surface area contributed by atoms with Gasteiger partial charge >= 0.3 is 6.18 Å². The number of aryl methyl sites for hydroxylation is 1. The van der Waals surface area contributed by atoms with Gasteiger partial charge < -0.3 is 23.9 Å². The third-order valence-electron chi connectivity index (χ3n) is 4.63. The van der Waals surface area contributed by atoms with Crippen molar-refractivity contribution >= 4 is 28.8 Å². The quantitative estimate of drug-likeness (QED) is 0.402. The van der Waals surface area contributed by atoms with Gasteiger partial charge in [0, 0.05) is 18.0 Å². The molecule has 0 aliphatic heterocycles. The molecule has 8 nitrogen and oxygen atoms in total. The second kappa shape index (κ2) is 8.82. The van der Waals surface area contributed by atoms with Gasteiger partial charge in [0.15, 0.2) is 5.65 Å². The van der Waals surface area contributed by atoms with E-state index >= 15 is 0 Å². The first kappa shape index (κ1) is 23.3. The second-order valence-corrected chi connectivity index (χ2v) is 7.91. The zero-order chi connectivity index (χ0) is 23.9. The lowest BCUT2D eigenvalue weighted by atomic mass is 10.1. The summed E-state index contributed by atoms with van der Waals surface area (Å²) in [5.41, 5.74) is 0.373. The molecule has 0 aliphatic rings. The molecule has 0 saturated carbocycles. The highest BCUT2D eigenvalue weighted by Gasteiger charge is 2.32. The lowest BCUT2D eigenvalue weighted by Gasteiger charge is -2.13. The van der Waals surface area contributed by atoms with Gasteiger partial charge in [-0.2, -0.15) is 18.2 Å². The fourth-order valence-corrected chi connectivity index (χ4v) is 3.48. The molecule has 0 fully saturated rings. The summed E-state index contributed by atoms with van der Waals surface area (Å²) in [6.45, 7) is 1.18. The molecule has 2 N–H and O–H groups in total. The zero-order valence-electron chi connectivity index (χ0n) is 16.8. The molecule has 33 heavy (non-hydrogen) atoms. The molecular formula is C20H15Cl2F3N4O4. The van der Waals surface area contributed by atoms with E-state index in [1.165, 1.54) is 12.3 Å². The smallest absolute Gasteiger partial charge is 0.417 e. The number of aliphatic hydroxyl groups is 2. The molecule has 0 bridgehead atoms. The Hall–Kier alpha value is -2.86. The highest BCUT2D eigenvalue weighted by atomic mass is 35.5. The minimum Gasteiger partial charge on any atom is -0.490 e. The number of pyridine rings is 1. The van der Waals surface area contributed by atoms with Crippen molar-refractivity contribution in [1.29, 1.82) is 0 Å². The van der Waals surface area contributed by atoms with E-state index in [9.17, 15) is 18.3 Å². The first-order valence-electron chi connectivity index (χ1n) is 9.38. The Morgan fingerprint density at radius 1 is 1.15 bits per heavy atom. The van der Waals surface area contributed by atoms with Crippen LogP contribution in [-0.2, 0) is 6.18 Å². The van der Waals surface area contributed by atoms with Gasteiger partial charge in [-0.1, -0.05) is 28.4 Å². The van der Waals surface area contributed by atoms with Gasteiger partial charge in [-0.05, 0) is 30.7 Å². The molecule has 0 unspecified atom stereocenters. The van der Waals surface area contributed by atoms with E-state index < -0.39 is 24.5 Å². The van der Waals surface area contributed by atoms with Crippen molar-refractivity contribution in [2.24, 2.45) is 0 Å². The summed E-state index contributed by atoms with van der Waals surface area (Å²) < 4.78 is 51.0. The Kier molecular flexibility index (Phi) is 6.23. The number of imidazole rings is 1. The Morgan fingerprint density at radius 3 is 2.61 bits per heavy atom. The van der Waals surface area contributed by atoms with Gasteiger partial charge in [0.2, 0.25) is 5.82 Å². The Morgan fingerprint density at radius 2 is 1.91 bits per heavy atom. The minimum atomic E-state index is -4.57. The van der Waals surface area contributed by atoms with Crippen LogP contribution in [0.3, 0.4) is 0 Å². The molecule has 4 aromatic rings.